The zero-order chi connectivity index (χ0) is 38.7. The Bertz CT molecular complexity index is 2380. The van der Waals surface area contributed by atoms with E-state index in [1.165, 1.54) is 4.90 Å². The maximum atomic E-state index is 13.6. The van der Waals surface area contributed by atoms with Crippen LogP contribution in [0.4, 0.5) is 11.9 Å². The normalized spacial score (nSPS) is 11.1. The van der Waals surface area contributed by atoms with Crippen LogP contribution in [0.3, 0.4) is 0 Å². The predicted octanol–water partition coefficient (Wildman–Crippen LogP) is 4.62. The van der Waals surface area contributed by atoms with Gasteiger partial charge >= 0.3 is 0 Å². The van der Waals surface area contributed by atoms with Crippen molar-refractivity contribution in [1.82, 2.24) is 43.6 Å². The summed E-state index contributed by atoms with van der Waals surface area (Å²) in [7, 11) is 3.31. The fraction of sp³-hybridized carbons (Fsp3) is 0.368. The number of hydrogen-bond acceptors (Lipinski definition) is 9. The molecule has 2 aromatic carbocycles. The van der Waals surface area contributed by atoms with Gasteiger partial charge in [0.15, 0.2) is 6.61 Å². The van der Waals surface area contributed by atoms with Crippen LogP contribution in [0.1, 0.15) is 76.8 Å². The average molecular weight is 753 g/mol. The van der Waals surface area contributed by atoms with Gasteiger partial charge in [-0.1, -0.05) is 13.5 Å². The molecule has 4 aromatic heterocycles. The minimum absolute atomic E-state index is 0. The highest BCUT2D eigenvalue weighted by Crippen LogP contribution is 2.30. The number of nitrogens with one attached hydrogen (secondary N) is 2. The van der Waals surface area contributed by atoms with E-state index < -0.39 is 5.91 Å². The van der Waals surface area contributed by atoms with Crippen molar-refractivity contribution in [3.63, 3.8) is 0 Å². The Labute approximate surface area is 318 Å². The minimum Gasteiger partial charge on any atom is -0.481 e. The SMILES string of the molecule is C.CCn1nc(C)cc1C(=O)Nc1nc2cc(C(N)=O)ccc2n1CCCCn1c(NC(=O)c2cc(C)nn2CC)nc2c(OCC(=O)N(C)C)cccc21. The Balaban J connectivity index is 0.00000580. The number of likely N-dealkylation sites (N-methyl/N-ethyl adjacent to an activating group) is 1. The number of nitrogens with two attached hydrogens (primary N) is 1. The Morgan fingerprint density at radius 2 is 1.35 bits per heavy atom. The van der Waals surface area contributed by atoms with Crippen molar-refractivity contribution in [1.29, 1.82) is 0 Å². The topological polar surface area (TPSA) is 202 Å². The Morgan fingerprint density at radius 1 is 0.782 bits per heavy atom. The van der Waals surface area contributed by atoms with Crippen LogP contribution < -0.4 is 21.1 Å². The number of ether oxygens (including phenoxy) is 1. The molecule has 4 amide bonds. The Morgan fingerprint density at radius 3 is 1.89 bits per heavy atom. The summed E-state index contributed by atoms with van der Waals surface area (Å²) in [6, 6.07) is 13.9. The zero-order valence-electron chi connectivity index (χ0n) is 31.2. The number of aryl methyl sites for hydroxylation is 6. The first kappa shape index (κ1) is 39.7. The van der Waals surface area contributed by atoms with Gasteiger partial charge in [-0.25, -0.2) is 9.97 Å². The molecule has 0 saturated heterocycles. The number of anilines is 2. The van der Waals surface area contributed by atoms with Gasteiger partial charge in [0.2, 0.25) is 17.8 Å². The quantitative estimate of drug-likeness (QED) is 0.125. The molecule has 0 atom stereocenters. The van der Waals surface area contributed by atoms with E-state index in [4.69, 9.17) is 15.5 Å². The second-order valence-electron chi connectivity index (χ2n) is 13.0. The monoisotopic (exact) mass is 752 g/mol. The van der Waals surface area contributed by atoms with Crippen LogP contribution in [0.15, 0.2) is 48.5 Å². The van der Waals surface area contributed by atoms with E-state index in [0.29, 0.717) is 95.7 Å². The second-order valence-corrected chi connectivity index (χ2v) is 13.0. The molecule has 17 heteroatoms. The van der Waals surface area contributed by atoms with Crippen LogP contribution in [0.2, 0.25) is 0 Å². The highest BCUT2D eigenvalue weighted by Gasteiger charge is 2.22. The van der Waals surface area contributed by atoms with E-state index in [0.717, 1.165) is 11.4 Å². The molecule has 0 aliphatic rings. The molecule has 17 nitrogen and oxygen atoms in total. The molecule has 6 rings (SSSR count). The van der Waals surface area contributed by atoms with Gasteiger partial charge in [-0.3, -0.25) is 39.2 Å². The van der Waals surface area contributed by atoms with Gasteiger partial charge in [-0.15, -0.1) is 0 Å². The Hall–Kier alpha value is -6.52. The van der Waals surface area contributed by atoms with E-state index in [9.17, 15) is 19.2 Å². The van der Waals surface area contributed by atoms with Crippen LogP contribution in [0, 0.1) is 13.8 Å². The predicted molar refractivity (Wildman–Crippen MR) is 209 cm³/mol. The third kappa shape index (κ3) is 8.35. The summed E-state index contributed by atoms with van der Waals surface area (Å²) >= 11 is 0. The van der Waals surface area contributed by atoms with Crippen molar-refractivity contribution in [3.8, 4) is 5.75 Å². The molecule has 0 aliphatic carbocycles. The second kappa shape index (κ2) is 16.7. The number of aromatic nitrogens is 8. The summed E-state index contributed by atoms with van der Waals surface area (Å²) in [4.78, 5) is 62.2. The van der Waals surface area contributed by atoms with Crippen molar-refractivity contribution in [2.24, 2.45) is 5.73 Å². The molecular weight excluding hydrogens is 704 g/mol. The summed E-state index contributed by atoms with van der Waals surface area (Å²) < 4.78 is 13.0. The van der Waals surface area contributed by atoms with Crippen LogP contribution in [0.5, 0.6) is 5.75 Å². The summed E-state index contributed by atoms with van der Waals surface area (Å²) in [6.07, 6.45) is 1.25. The Kier molecular flexibility index (Phi) is 12.0. The van der Waals surface area contributed by atoms with Gasteiger partial charge in [0, 0.05) is 45.8 Å². The number of rotatable bonds is 15. The lowest BCUT2D eigenvalue weighted by Gasteiger charge is -2.13. The van der Waals surface area contributed by atoms with Crippen molar-refractivity contribution >= 4 is 57.6 Å². The smallest absolute Gasteiger partial charge is 0.276 e. The molecule has 6 aromatic rings. The maximum absolute atomic E-state index is 13.6. The van der Waals surface area contributed by atoms with E-state index in [-0.39, 0.29) is 31.8 Å². The number of amides is 4. The third-order valence-electron chi connectivity index (χ3n) is 8.96. The minimum atomic E-state index is -0.582. The van der Waals surface area contributed by atoms with E-state index in [1.807, 2.05) is 49.0 Å². The van der Waals surface area contributed by atoms with Crippen molar-refractivity contribution < 1.29 is 23.9 Å². The summed E-state index contributed by atoms with van der Waals surface area (Å²) in [5, 5.41) is 14.7. The van der Waals surface area contributed by atoms with Crippen molar-refractivity contribution in [2.75, 3.05) is 31.3 Å². The molecule has 0 bridgehead atoms. The lowest BCUT2D eigenvalue weighted by molar-refractivity contribution is -0.130. The molecule has 0 fully saturated rings. The number of carbonyl (C=O) groups excluding carboxylic acids is 4. The highest BCUT2D eigenvalue weighted by molar-refractivity contribution is 6.04. The average Bonchev–Trinajstić information content (AvgIpc) is 3.91. The fourth-order valence-corrected chi connectivity index (χ4v) is 6.24. The van der Waals surface area contributed by atoms with Gasteiger partial charge in [0.25, 0.3) is 17.7 Å². The van der Waals surface area contributed by atoms with Gasteiger partial charge in [-0.2, -0.15) is 10.2 Å². The standard InChI is InChI=1S/C37H44N12O5.CH4/c1-7-48-28(18-22(3)43-48)34(52)41-36-39-25-20-24(33(38)51)14-15-26(25)46(36)16-9-10-17-47-27-12-11-13-30(54-21-31(50)45(5)6)32(27)40-37(47)42-35(53)29-19-23(4)44-49(29)8-2;/h11-15,18-20H,7-10,16-17,21H2,1-6H3,(H2,38,51)(H,39,41,52)(H,40,42,53);1H4. The number of imidazole rings is 2. The van der Waals surface area contributed by atoms with Crippen LogP contribution in [-0.2, 0) is 31.0 Å². The molecule has 0 aliphatic heterocycles. The van der Waals surface area contributed by atoms with Crippen LogP contribution in [0.25, 0.3) is 22.1 Å². The van der Waals surface area contributed by atoms with Crippen LogP contribution >= 0.6 is 0 Å². The molecule has 55 heavy (non-hydrogen) atoms. The van der Waals surface area contributed by atoms with Crippen molar-refractivity contribution in [2.45, 2.75) is 74.1 Å². The fourth-order valence-electron chi connectivity index (χ4n) is 6.24. The van der Waals surface area contributed by atoms with E-state index in [1.54, 1.807) is 59.9 Å². The molecule has 0 saturated carbocycles. The molecule has 290 valence electrons. The number of nitrogens with zero attached hydrogens (tertiary/aromatic N) is 9. The highest BCUT2D eigenvalue weighted by atomic mass is 16.5. The van der Waals surface area contributed by atoms with Crippen LogP contribution in [-0.4, -0.2) is 87.9 Å². The maximum Gasteiger partial charge on any atom is 0.276 e. The van der Waals surface area contributed by atoms with E-state index in [2.05, 4.69) is 25.8 Å². The molecule has 0 radical (unpaired) electrons. The molecular formula is C38H48N12O5. The molecule has 0 spiro atoms. The van der Waals surface area contributed by atoms with Gasteiger partial charge < -0.3 is 24.5 Å². The first-order valence-corrected chi connectivity index (χ1v) is 17.7. The summed E-state index contributed by atoms with van der Waals surface area (Å²) in [6.45, 7) is 9.24. The van der Waals surface area contributed by atoms with E-state index >= 15 is 0 Å². The number of para-hydroxylation sites is 1. The lowest BCUT2D eigenvalue weighted by Crippen LogP contribution is -2.27. The van der Waals surface area contributed by atoms with Crippen molar-refractivity contribution in [3.05, 3.63) is 76.9 Å². The number of benzene rings is 2. The lowest BCUT2D eigenvalue weighted by atomic mass is 10.2. The van der Waals surface area contributed by atoms with Gasteiger partial charge in [-0.05, 0) is 83.0 Å². The summed E-state index contributed by atoms with van der Waals surface area (Å²) in [5.41, 5.74) is 10.5. The van der Waals surface area contributed by atoms with Gasteiger partial charge in [0.1, 0.15) is 22.7 Å². The number of fused-ring (bicyclic) bond motifs is 2. The molecule has 0 unspecified atom stereocenters. The molecule has 4 N–H and O–H groups in total. The summed E-state index contributed by atoms with van der Waals surface area (Å²) in [5.74, 6) is -0.472. The third-order valence-corrected chi connectivity index (χ3v) is 8.96. The van der Waals surface area contributed by atoms with Gasteiger partial charge in [0.05, 0.1) is 27.9 Å². The number of hydrogen-bond donors (Lipinski definition) is 3. The number of carbonyl (C=O) groups is 4. The first-order chi connectivity index (χ1) is 25.9. The molecule has 4 heterocycles. The number of unbranched alkanes of at least 4 members (excludes halogenated alkanes) is 1. The number of primary amides is 1. The first-order valence-electron chi connectivity index (χ1n) is 17.7. The zero-order valence-corrected chi connectivity index (χ0v) is 31.2. The largest absolute Gasteiger partial charge is 0.481 e.